The second kappa shape index (κ2) is 8.15. The van der Waals surface area contributed by atoms with E-state index < -0.39 is 46.2 Å². The Balaban J connectivity index is 0.00000306. The molecule has 0 atom stereocenters. The van der Waals surface area contributed by atoms with Crippen molar-refractivity contribution in [3.05, 3.63) is 68.8 Å². The van der Waals surface area contributed by atoms with Crippen molar-refractivity contribution < 1.29 is 30.8 Å². The van der Waals surface area contributed by atoms with E-state index in [-0.39, 0.29) is 28.1 Å². The minimum atomic E-state index is -4.87. The number of pyridine rings is 1. The fourth-order valence-corrected chi connectivity index (χ4v) is 3.19. The van der Waals surface area contributed by atoms with Gasteiger partial charge in [0.15, 0.2) is 11.5 Å². The highest BCUT2D eigenvalue weighted by Gasteiger charge is 2.37. The predicted octanol–water partition coefficient (Wildman–Crippen LogP) is 4.95. The number of nitrogens with zero attached hydrogens (tertiary/aromatic N) is 5. The number of hydrogen-bond donors (Lipinski definition) is 0. The molecule has 4 aromatic rings. The van der Waals surface area contributed by atoms with Crippen molar-refractivity contribution in [3.63, 3.8) is 0 Å². The Kier molecular flexibility index (Phi) is 5.98. The van der Waals surface area contributed by atoms with Gasteiger partial charge < -0.3 is 4.42 Å². The first-order chi connectivity index (χ1) is 14.9. The van der Waals surface area contributed by atoms with Crippen LogP contribution >= 0.6 is 11.6 Å². The highest BCUT2D eigenvalue weighted by molar-refractivity contribution is 6.32. The Morgan fingerprint density at radius 1 is 1.06 bits per heavy atom. The number of aromatic nitrogens is 4. The van der Waals surface area contributed by atoms with Gasteiger partial charge in [-0.3, -0.25) is 0 Å². The van der Waals surface area contributed by atoms with Gasteiger partial charge in [0, 0.05) is 18.4 Å². The van der Waals surface area contributed by atoms with Crippen LogP contribution in [-0.2, 0) is 12.4 Å². The van der Waals surface area contributed by atoms with Crippen LogP contribution in [0.15, 0.2) is 45.7 Å². The van der Waals surface area contributed by atoms with Gasteiger partial charge in [-0.15, -0.1) is 0 Å². The number of halogens is 7. The van der Waals surface area contributed by atoms with Crippen LogP contribution in [0.1, 0.15) is 16.8 Å². The molecular weight excluding hydrogens is 480 g/mol. The molecule has 0 saturated heterocycles. The standard InChI is InChI=1S/C19H9ClF6N4O2.N/c1-8-5-9(18(21,22)23)6-10-14(8)28-16(32-17(10)31)12-7-13(19(24,25)26)29-30(12)15-11(20)3-2-4-27-15;/h2-7H,1H3;. The van der Waals surface area contributed by atoms with Gasteiger partial charge >= 0.3 is 18.0 Å². The van der Waals surface area contributed by atoms with Crippen LogP contribution < -0.4 is 11.8 Å². The quantitative estimate of drug-likeness (QED) is 0.371. The van der Waals surface area contributed by atoms with E-state index >= 15 is 0 Å². The highest BCUT2D eigenvalue weighted by Crippen LogP contribution is 2.35. The van der Waals surface area contributed by atoms with Crippen molar-refractivity contribution in [2.45, 2.75) is 19.3 Å². The molecular formula is C19H9ClF6N5O2. The van der Waals surface area contributed by atoms with E-state index in [1.165, 1.54) is 25.3 Å². The molecule has 33 heavy (non-hydrogen) atoms. The fraction of sp³-hybridized carbons (Fsp3) is 0.158. The lowest BCUT2D eigenvalue weighted by atomic mass is 10.1. The maximum Gasteiger partial charge on any atom is 0.435 e. The Labute approximate surface area is 185 Å². The zero-order valence-electron chi connectivity index (χ0n) is 16.2. The van der Waals surface area contributed by atoms with E-state index in [4.69, 9.17) is 16.0 Å². The number of alkyl halides is 6. The summed E-state index contributed by atoms with van der Waals surface area (Å²) >= 11 is 6.03. The van der Waals surface area contributed by atoms with Crippen molar-refractivity contribution in [1.82, 2.24) is 25.9 Å². The Hall–Kier alpha value is -3.45. The summed E-state index contributed by atoms with van der Waals surface area (Å²) < 4.78 is 84.9. The van der Waals surface area contributed by atoms with Crippen LogP contribution in [0.25, 0.3) is 28.3 Å². The first-order valence-corrected chi connectivity index (χ1v) is 9.05. The lowest BCUT2D eigenvalue weighted by Gasteiger charge is -2.10. The van der Waals surface area contributed by atoms with Gasteiger partial charge in [0.1, 0.15) is 5.69 Å². The van der Waals surface area contributed by atoms with Gasteiger partial charge in [-0.2, -0.15) is 31.4 Å². The summed E-state index contributed by atoms with van der Waals surface area (Å²) in [6, 6.07) is 4.71. The normalized spacial score (nSPS) is 12.1. The molecule has 0 aliphatic heterocycles. The third-order valence-corrected chi connectivity index (χ3v) is 4.70. The van der Waals surface area contributed by atoms with Crippen LogP contribution in [0, 0.1) is 6.92 Å². The van der Waals surface area contributed by atoms with Gasteiger partial charge in [0.05, 0.1) is 21.5 Å². The van der Waals surface area contributed by atoms with Gasteiger partial charge in [0.2, 0.25) is 5.89 Å². The third kappa shape index (κ3) is 4.41. The van der Waals surface area contributed by atoms with Crippen molar-refractivity contribution in [1.29, 1.82) is 0 Å². The zero-order valence-corrected chi connectivity index (χ0v) is 16.9. The molecule has 3 heterocycles. The predicted molar refractivity (Wildman–Crippen MR) is 103 cm³/mol. The van der Waals surface area contributed by atoms with Gasteiger partial charge in [-0.25, -0.2) is 19.4 Å². The second-order valence-electron chi connectivity index (χ2n) is 6.63. The number of fused-ring (bicyclic) bond motifs is 1. The molecule has 7 nitrogen and oxygen atoms in total. The summed E-state index contributed by atoms with van der Waals surface area (Å²) in [4.78, 5) is 20.4. The number of benzene rings is 1. The number of rotatable bonds is 2. The molecule has 0 aliphatic carbocycles. The second-order valence-corrected chi connectivity index (χ2v) is 7.03. The Bertz CT molecular complexity index is 1410. The molecule has 0 amide bonds. The van der Waals surface area contributed by atoms with E-state index in [2.05, 4.69) is 15.1 Å². The average molecular weight is 489 g/mol. The van der Waals surface area contributed by atoms with Crippen LogP contribution in [0.4, 0.5) is 26.3 Å². The first-order valence-electron chi connectivity index (χ1n) is 8.67. The summed E-state index contributed by atoms with van der Waals surface area (Å²) in [5.74, 6) is -0.802. The molecule has 14 heteroatoms. The van der Waals surface area contributed by atoms with E-state index in [1.807, 2.05) is 0 Å². The summed E-state index contributed by atoms with van der Waals surface area (Å²) in [5.41, 5.74) is -4.26. The molecule has 3 radical (unpaired) electrons. The summed E-state index contributed by atoms with van der Waals surface area (Å²) in [7, 11) is 0. The molecule has 0 aliphatic rings. The first kappa shape index (κ1) is 24.2. The van der Waals surface area contributed by atoms with E-state index in [0.717, 1.165) is 6.07 Å². The zero-order chi connectivity index (χ0) is 23.4. The Morgan fingerprint density at radius 3 is 2.36 bits per heavy atom. The Morgan fingerprint density at radius 2 is 1.76 bits per heavy atom. The molecule has 0 saturated carbocycles. The van der Waals surface area contributed by atoms with Crippen molar-refractivity contribution >= 4 is 22.5 Å². The van der Waals surface area contributed by atoms with Crippen LogP contribution in [0.5, 0.6) is 0 Å². The smallest absolute Gasteiger partial charge is 0.401 e. The van der Waals surface area contributed by atoms with Crippen molar-refractivity contribution in [3.8, 4) is 17.4 Å². The van der Waals surface area contributed by atoms with Gasteiger partial charge in [0.25, 0.3) is 0 Å². The van der Waals surface area contributed by atoms with Crippen LogP contribution in [0.3, 0.4) is 0 Å². The molecule has 171 valence electrons. The molecule has 1 aromatic carbocycles. The molecule has 0 unspecified atom stereocenters. The lowest BCUT2D eigenvalue weighted by molar-refractivity contribution is -0.141. The van der Waals surface area contributed by atoms with Crippen molar-refractivity contribution in [2.75, 3.05) is 0 Å². The van der Waals surface area contributed by atoms with E-state index in [0.29, 0.717) is 16.8 Å². The lowest BCUT2D eigenvalue weighted by Crippen LogP contribution is -2.11. The largest absolute Gasteiger partial charge is 0.435 e. The topological polar surface area (TPSA) is 104 Å². The van der Waals surface area contributed by atoms with E-state index in [1.54, 1.807) is 0 Å². The highest BCUT2D eigenvalue weighted by atomic mass is 35.5. The third-order valence-electron chi connectivity index (χ3n) is 4.41. The number of aryl methyl sites for hydroxylation is 1. The molecule has 0 spiro atoms. The monoisotopic (exact) mass is 488 g/mol. The number of hydrogen-bond acceptors (Lipinski definition) is 5. The molecule has 4 rings (SSSR count). The minimum Gasteiger partial charge on any atom is -0.401 e. The summed E-state index contributed by atoms with van der Waals surface area (Å²) in [6.45, 7) is 1.28. The summed E-state index contributed by atoms with van der Waals surface area (Å²) in [5, 5.41) is 2.93. The van der Waals surface area contributed by atoms with Crippen LogP contribution in [-0.4, -0.2) is 19.7 Å². The maximum atomic E-state index is 13.3. The summed E-state index contributed by atoms with van der Waals surface area (Å²) in [6.07, 6.45) is -8.33. The van der Waals surface area contributed by atoms with Crippen LogP contribution in [0.2, 0.25) is 5.02 Å². The fourth-order valence-electron chi connectivity index (χ4n) is 2.99. The van der Waals surface area contributed by atoms with Gasteiger partial charge in [-0.05, 0) is 36.8 Å². The molecule has 0 fully saturated rings. The molecule has 0 N–H and O–H groups in total. The molecule has 0 bridgehead atoms. The maximum absolute atomic E-state index is 13.3. The average Bonchev–Trinajstić information content (AvgIpc) is 3.13. The SMILES string of the molecule is Cc1cc(C(F)(F)F)cc2c(=O)oc(-c3cc(C(F)(F)F)nn3-c3ncccc3Cl)nc12.[N]. The van der Waals surface area contributed by atoms with Crippen molar-refractivity contribution in [2.24, 2.45) is 0 Å². The van der Waals surface area contributed by atoms with Gasteiger partial charge in [-0.1, -0.05) is 11.6 Å². The minimum absolute atomic E-state index is 0. The van der Waals surface area contributed by atoms with E-state index in [9.17, 15) is 31.1 Å². The molecule has 3 aromatic heterocycles.